The van der Waals surface area contributed by atoms with Gasteiger partial charge >= 0.3 is 0 Å². The first-order chi connectivity index (χ1) is 11.8. The Balaban J connectivity index is 1.39. The number of benzene rings is 1. The van der Waals surface area contributed by atoms with Gasteiger partial charge in [0.05, 0.1) is 6.10 Å². The Morgan fingerprint density at radius 3 is 3.17 bits per heavy atom. The maximum atomic E-state index is 5.95. The highest BCUT2D eigenvalue weighted by Crippen LogP contribution is 2.33. The lowest BCUT2D eigenvalue weighted by Gasteiger charge is -2.33. The highest BCUT2D eigenvalue weighted by atomic mass is 32.1. The predicted molar refractivity (Wildman–Crippen MR) is 97.8 cm³/mol. The summed E-state index contributed by atoms with van der Waals surface area (Å²) in [4.78, 5) is 4.13. The topological polar surface area (TPSA) is 21.7 Å². The highest BCUT2D eigenvalue weighted by molar-refractivity contribution is 7.10. The first-order valence-corrected chi connectivity index (χ1v) is 9.81. The molecule has 2 aliphatic heterocycles. The van der Waals surface area contributed by atoms with Gasteiger partial charge in [-0.1, -0.05) is 12.1 Å². The minimum Gasteiger partial charge on any atom is -0.491 e. The number of nitrogens with zero attached hydrogens (tertiary/aromatic N) is 1. The van der Waals surface area contributed by atoms with Gasteiger partial charge in [-0.2, -0.15) is 0 Å². The van der Waals surface area contributed by atoms with E-state index in [0.29, 0.717) is 12.6 Å². The quantitative estimate of drug-likeness (QED) is 0.802. The summed E-state index contributed by atoms with van der Waals surface area (Å²) in [5.74, 6) is 0.962. The molecule has 2 unspecified atom stereocenters. The molecular formula is C20H25NO2S. The average molecular weight is 343 g/mol. The van der Waals surface area contributed by atoms with Crippen molar-refractivity contribution >= 4 is 11.3 Å². The summed E-state index contributed by atoms with van der Waals surface area (Å²) >= 11 is 1.90. The SMILES string of the molecule is CC1c2ccsc2CCN1Cc1cccc(OCC2CCCO2)c1. The van der Waals surface area contributed by atoms with Crippen molar-refractivity contribution in [2.24, 2.45) is 0 Å². The minimum absolute atomic E-state index is 0.271. The van der Waals surface area contributed by atoms with Gasteiger partial charge in [0.25, 0.3) is 0 Å². The molecule has 2 aromatic rings. The van der Waals surface area contributed by atoms with Crippen molar-refractivity contribution in [1.82, 2.24) is 4.90 Å². The van der Waals surface area contributed by atoms with Crippen LogP contribution in [0, 0.1) is 0 Å². The van der Waals surface area contributed by atoms with Crippen molar-refractivity contribution in [2.45, 2.75) is 44.9 Å². The summed E-state index contributed by atoms with van der Waals surface area (Å²) in [6.07, 6.45) is 3.72. The number of thiophene rings is 1. The minimum atomic E-state index is 0.271. The number of hydrogen-bond acceptors (Lipinski definition) is 4. The van der Waals surface area contributed by atoms with E-state index in [2.05, 4.69) is 47.5 Å². The molecule has 0 aliphatic carbocycles. The summed E-state index contributed by atoms with van der Waals surface area (Å²) in [7, 11) is 0. The summed E-state index contributed by atoms with van der Waals surface area (Å²) in [6.45, 7) is 5.99. The Labute approximate surface area is 148 Å². The summed E-state index contributed by atoms with van der Waals surface area (Å²) in [6, 6.07) is 11.3. The molecule has 1 aromatic carbocycles. The number of ether oxygens (including phenoxy) is 2. The third kappa shape index (κ3) is 3.51. The fourth-order valence-electron chi connectivity index (χ4n) is 3.71. The van der Waals surface area contributed by atoms with E-state index in [4.69, 9.17) is 9.47 Å². The van der Waals surface area contributed by atoms with Crippen LogP contribution in [-0.4, -0.2) is 30.8 Å². The van der Waals surface area contributed by atoms with Crippen molar-refractivity contribution in [3.63, 3.8) is 0 Å². The van der Waals surface area contributed by atoms with Crippen molar-refractivity contribution < 1.29 is 9.47 Å². The van der Waals surface area contributed by atoms with Gasteiger partial charge in [-0.15, -0.1) is 11.3 Å². The normalized spacial score (nSPS) is 24.0. The lowest BCUT2D eigenvalue weighted by atomic mass is 10.0. The van der Waals surface area contributed by atoms with Crippen LogP contribution in [0.15, 0.2) is 35.7 Å². The van der Waals surface area contributed by atoms with Gasteiger partial charge in [0.1, 0.15) is 12.4 Å². The van der Waals surface area contributed by atoms with Crippen LogP contribution < -0.4 is 4.74 Å². The molecule has 1 aromatic heterocycles. The highest BCUT2D eigenvalue weighted by Gasteiger charge is 2.24. The number of hydrogen-bond donors (Lipinski definition) is 0. The molecule has 0 amide bonds. The molecule has 0 N–H and O–H groups in total. The molecule has 1 fully saturated rings. The smallest absolute Gasteiger partial charge is 0.119 e. The van der Waals surface area contributed by atoms with E-state index >= 15 is 0 Å². The Kier molecular flexibility index (Phi) is 4.88. The van der Waals surface area contributed by atoms with Crippen LogP contribution in [-0.2, 0) is 17.7 Å². The van der Waals surface area contributed by atoms with Crippen LogP contribution in [0.25, 0.3) is 0 Å². The van der Waals surface area contributed by atoms with Gasteiger partial charge in [0.2, 0.25) is 0 Å². The fraction of sp³-hybridized carbons (Fsp3) is 0.500. The molecule has 128 valence electrons. The van der Waals surface area contributed by atoms with Gasteiger partial charge in [0, 0.05) is 30.6 Å². The first-order valence-electron chi connectivity index (χ1n) is 8.93. The molecule has 0 radical (unpaired) electrons. The van der Waals surface area contributed by atoms with Crippen LogP contribution in [0.4, 0.5) is 0 Å². The molecule has 2 atom stereocenters. The summed E-state index contributed by atoms with van der Waals surface area (Å²) in [5.41, 5.74) is 2.84. The molecule has 3 nitrogen and oxygen atoms in total. The van der Waals surface area contributed by atoms with Gasteiger partial charge < -0.3 is 9.47 Å². The molecular weight excluding hydrogens is 318 g/mol. The molecule has 1 saturated heterocycles. The predicted octanol–water partition coefficient (Wildman–Crippen LogP) is 4.43. The third-order valence-electron chi connectivity index (χ3n) is 5.15. The molecule has 4 rings (SSSR count). The monoisotopic (exact) mass is 343 g/mol. The first kappa shape index (κ1) is 16.1. The van der Waals surface area contributed by atoms with E-state index in [1.165, 1.54) is 17.5 Å². The molecule has 4 heteroatoms. The Hall–Kier alpha value is -1.36. The zero-order valence-electron chi connectivity index (χ0n) is 14.2. The van der Waals surface area contributed by atoms with Crippen molar-refractivity contribution in [3.05, 3.63) is 51.7 Å². The molecule has 0 spiro atoms. The average Bonchev–Trinajstić information content (AvgIpc) is 3.27. The van der Waals surface area contributed by atoms with E-state index in [1.54, 1.807) is 4.88 Å². The Morgan fingerprint density at radius 2 is 2.29 bits per heavy atom. The lowest BCUT2D eigenvalue weighted by Crippen LogP contribution is -2.32. The fourth-order valence-corrected chi connectivity index (χ4v) is 4.67. The van der Waals surface area contributed by atoms with Gasteiger partial charge in [-0.3, -0.25) is 4.90 Å². The summed E-state index contributed by atoms with van der Waals surface area (Å²) < 4.78 is 11.6. The number of rotatable bonds is 5. The Bertz CT molecular complexity index is 678. The maximum Gasteiger partial charge on any atom is 0.119 e. The zero-order valence-corrected chi connectivity index (χ0v) is 15.1. The van der Waals surface area contributed by atoms with Gasteiger partial charge in [-0.05, 0) is 60.9 Å². The molecule has 2 aliphatic rings. The van der Waals surface area contributed by atoms with Crippen molar-refractivity contribution in [1.29, 1.82) is 0 Å². The van der Waals surface area contributed by atoms with Crippen molar-refractivity contribution in [2.75, 3.05) is 19.8 Å². The standard InChI is InChI=1S/C20H25NO2S/c1-15-19-8-11-24-20(19)7-9-21(15)13-16-4-2-5-17(12-16)23-14-18-6-3-10-22-18/h2,4-5,8,11-12,15,18H,3,6-7,9-10,13-14H2,1H3. The second-order valence-corrected chi connectivity index (χ2v) is 7.79. The van der Waals surface area contributed by atoms with Crippen LogP contribution in [0.3, 0.4) is 0 Å². The molecule has 3 heterocycles. The molecule has 0 saturated carbocycles. The van der Waals surface area contributed by atoms with Gasteiger partial charge in [-0.25, -0.2) is 0 Å². The molecule has 24 heavy (non-hydrogen) atoms. The second kappa shape index (κ2) is 7.26. The van der Waals surface area contributed by atoms with E-state index in [9.17, 15) is 0 Å². The third-order valence-corrected chi connectivity index (χ3v) is 6.14. The number of fused-ring (bicyclic) bond motifs is 1. The van der Waals surface area contributed by atoms with Crippen LogP contribution in [0.5, 0.6) is 5.75 Å². The Morgan fingerprint density at radius 1 is 1.33 bits per heavy atom. The second-order valence-electron chi connectivity index (χ2n) is 6.79. The largest absolute Gasteiger partial charge is 0.491 e. The van der Waals surface area contributed by atoms with E-state index in [-0.39, 0.29) is 6.10 Å². The zero-order chi connectivity index (χ0) is 16.4. The maximum absolute atomic E-state index is 5.95. The van der Waals surface area contributed by atoms with Crippen LogP contribution in [0.1, 0.15) is 41.8 Å². The van der Waals surface area contributed by atoms with Crippen molar-refractivity contribution in [3.8, 4) is 5.75 Å². The lowest BCUT2D eigenvalue weighted by molar-refractivity contribution is 0.0679. The molecule has 0 bridgehead atoms. The van der Waals surface area contributed by atoms with Gasteiger partial charge in [0.15, 0.2) is 0 Å². The van der Waals surface area contributed by atoms with E-state index in [1.807, 2.05) is 11.3 Å². The van der Waals surface area contributed by atoms with E-state index < -0.39 is 0 Å². The summed E-state index contributed by atoms with van der Waals surface area (Å²) in [5, 5.41) is 2.23. The van der Waals surface area contributed by atoms with Crippen LogP contribution in [0.2, 0.25) is 0 Å². The van der Waals surface area contributed by atoms with E-state index in [0.717, 1.165) is 38.3 Å². The van der Waals surface area contributed by atoms with Crippen LogP contribution >= 0.6 is 11.3 Å².